The molecule has 2 aromatic rings. The van der Waals surface area contributed by atoms with Crippen LogP contribution in [0, 0.1) is 0 Å². The third-order valence-corrected chi connectivity index (χ3v) is 6.02. The fourth-order valence-electron chi connectivity index (χ4n) is 4.57. The second-order valence-electron chi connectivity index (χ2n) is 8.57. The first kappa shape index (κ1) is 21.0. The Morgan fingerprint density at radius 2 is 1.87 bits per heavy atom. The molecule has 0 radical (unpaired) electrons. The summed E-state index contributed by atoms with van der Waals surface area (Å²) in [6, 6.07) is 12.8. The molecule has 1 aromatic heterocycles. The van der Waals surface area contributed by atoms with E-state index in [1.807, 2.05) is 57.2 Å². The van der Waals surface area contributed by atoms with E-state index in [0.29, 0.717) is 42.5 Å². The standard InChI is InChI=1S/C24H28N4O3/c1-17(2)25-20-11-6-7-15-26(20)21(29)12-8-16-27-23(31)18-9-4-5-10-19(18)28-22(30)13-14-24(27,28)3/h4-7,9-11,15,17H,8,12-14,16H2,1-3H3. The quantitative estimate of drug-likeness (QED) is 0.745. The molecule has 162 valence electrons. The van der Waals surface area contributed by atoms with E-state index in [9.17, 15) is 14.4 Å². The molecular formula is C24H28N4O3. The third kappa shape index (κ3) is 3.69. The SMILES string of the molecule is CC(C)N=c1ccccn1C(=O)CCCN1C(=O)c2ccccc2N2C(=O)CCC12C. The van der Waals surface area contributed by atoms with E-state index in [0.717, 1.165) is 0 Å². The third-order valence-electron chi connectivity index (χ3n) is 6.02. The summed E-state index contributed by atoms with van der Waals surface area (Å²) in [5.74, 6) is -0.114. The number of rotatable bonds is 5. The minimum Gasteiger partial charge on any atom is -0.315 e. The monoisotopic (exact) mass is 420 g/mol. The van der Waals surface area contributed by atoms with Crippen molar-refractivity contribution < 1.29 is 14.4 Å². The molecule has 1 aromatic carbocycles. The van der Waals surface area contributed by atoms with E-state index in [1.54, 1.807) is 26.6 Å². The number of anilines is 1. The lowest BCUT2D eigenvalue weighted by atomic mass is 9.98. The number of fused-ring (bicyclic) bond motifs is 3. The molecule has 2 aliphatic heterocycles. The van der Waals surface area contributed by atoms with Crippen molar-refractivity contribution in [2.45, 2.75) is 58.2 Å². The van der Waals surface area contributed by atoms with Crippen LogP contribution in [0.4, 0.5) is 5.69 Å². The van der Waals surface area contributed by atoms with Crippen LogP contribution in [0.5, 0.6) is 0 Å². The van der Waals surface area contributed by atoms with Gasteiger partial charge in [0, 0.05) is 31.6 Å². The molecule has 7 nitrogen and oxygen atoms in total. The van der Waals surface area contributed by atoms with E-state index in [4.69, 9.17) is 0 Å². The highest BCUT2D eigenvalue weighted by Crippen LogP contribution is 2.43. The molecule has 7 heteroatoms. The van der Waals surface area contributed by atoms with Gasteiger partial charge < -0.3 is 4.90 Å². The molecule has 3 heterocycles. The molecular weight excluding hydrogens is 392 g/mol. The summed E-state index contributed by atoms with van der Waals surface area (Å²) in [5, 5.41) is 0. The van der Waals surface area contributed by atoms with Crippen molar-refractivity contribution in [3.63, 3.8) is 0 Å². The van der Waals surface area contributed by atoms with Crippen molar-refractivity contribution in [1.82, 2.24) is 9.47 Å². The lowest BCUT2D eigenvalue weighted by Crippen LogP contribution is -2.62. The Labute approximate surface area is 182 Å². The van der Waals surface area contributed by atoms with Crippen LogP contribution in [0.3, 0.4) is 0 Å². The molecule has 1 fully saturated rings. The largest absolute Gasteiger partial charge is 0.315 e. The van der Waals surface area contributed by atoms with Gasteiger partial charge in [0.15, 0.2) is 0 Å². The number of pyridine rings is 1. The van der Waals surface area contributed by atoms with Crippen molar-refractivity contribution in [3.8, 4) is 0 Å². The maximum Gasteiger partial charge on any atom is 0.257 e. The van der Waals surface area contributed by atoms with E-state index in [-0.39, 0.29) is 30.2 Å². The highest BCUT2D eigenvalue weighted by molar-refractivity contribution is 6.10. The minimum atomic E-state index is -0.691. The molecule has 4 rings (SSSR count). The van der Waals surface area contributed by atoms with Gasteiger partial charge >= 0.3 is 0 Å². The van der Waals surface area contributed by atoms with Gasteiger partial charge in [-0.3, -0.25) is 28.8 Å². The molecule has 0 aliphatic carbocycles. The Balaban J connectivity index is 1.54. The number of hydrogen-bond acceptors (Lipinski definition) is 4. The van der Waals surface area contributed by atoms with E-state index in [2.05, 4.69) is 4.99 Å². The van der Waals surface area contributed by atoms with Gasteiger partial charge in [0.2, 0.25) is 11.8 Å². The van der Waals surface area contributed by atoms with Crippen LogP contribution in [0.1, 0.15) is 61.6 Å². The van der Waals surface area contributed by atoms with Gasteiger partial charge in [-0.05, 0) is 57.9 Å². The number of carbonyl (C=O) groups excluding carboxylic acids is 3. The van der Waals surface area contributed by atoms with Gasteiger partial charge in [0.1, 0.15) is 11.2 Å². The molecule has 0 N–H and O–H groups in total. The molecule has 1 saturated heterocycles. The van der Waals surface area contributed by atoms with E-state index < -0.39 is 5.66 Å². The van der Waals surface area contributed by atoms with Crippen molar-refractivity contribution in [2.75, 3.05) is 11.4 Å². The lowest BCUT2D eigenvalue weighted by molar-refractivity contribution is -0.117. The van der Waals surface area contributed by atoms with Gasteiger partial charge in [0.25, 0.3) is 5.91 Å². The Morgan fingerprint density at radius 1 is 1.13 bits per heavy atom. The average Bonchev–Trinajstić information content (AvgIpc) is 3.05. The number of benzene rings is 1. The Morgan fingerprint density at radius 3 is 2.65 bits per heavy atom. The summed E-state index contributed by atoms with van der Waals surface area (Å²) >= 11 is 0. The van der Waals surface area contributed by atoms with Crippen molar-refractivity contribution >= 4 is 23.4 Å². The fourth-order valence-corrected chi connectivity index (χ4v) is 4.57. The van der Waals surface area contributed by atoms with Gasteiger partial charge in [-0.2, -0.15) is 0 Å². The maximum atomic E-state index is 13.3. The number of carbonyl (C=O) groups is 3. The summed E-state index contributed by atoms with van der Waals surface area (Å²) < 4.78 is 1.57. The molecule has 0 spiro atoms. The first-order chi connectivity index (χ1) is 14.8. The Kier molecular flexibility index (Phi) is 5.52. The zero-order valence-electron chi connectivity index (χ0n) is 18.2. The Bertz CT molecular complexity index is 1100. The second-order valence-corrected chi connectivity index (χ2v) is 8.57. The topological polar surface area (TPSA) is 75.0 Å². The minimum absolute atomic E-state index is 0.0308. The molecule has 1 atom stereocenters. The van der Waals surface area contributed by atoms with Crippen LogP contribution in [0.2, 0.25) is 0 Å². The predicted molar refractivity (Wildman–Crippen MR) is 118 cm³/mol. The Hall–Kier alpha value is -3.22. The van der Waals surface area contributed by atoms with Crippen LogP contribution in [0.15, 0.2) is 53.7 Å². The highest BCUT2D eigenvalue weighted by atomic mass is 16.2. The van der Waals surface area contributed by atoms with Gasteiger partial charge in [-0.15, -0.1) is 0 Å². The van der Waals surface area contributed by atoms with Crippen LogP contribution in [-0.2, 0) is 4.79 Å². The molecule has 1 unspecified atom stereocenters. The smallest absolute Gasteiger partial charge is 0.257 e. The maximum absolute atomic E-state index is 13.3. The number of nitrogens with zero attached hydrogens (tertiary/aromatic N) is 4. The molecule has 31 heavy (non-hydrogen) atoms. The van der Waals surface area contributed by atoms with Crippen molar-refractivity contribution in [3.05, 3.63) is 59.7 Å². The first-order valence-electron chi connectivity index (χ1n) is 10.8. The van der Waals surface area contributed by atoms with Gasteiger partial charge in [-0.25, -0.2) is 0 Å². The number of aromatic nitrogens is 1. The fraction of sp³-hybridized carbons (Fsp3) is 0.417. The number of para-hydroxylation sites is 1. The highest BCUT2D eigenvalue weighted by Gasteiger charge is 2.52. The van der Waals surface area contributed by atoms with E-state index in [1.165, 1.54) is 0 Å². The van der Waals surface area contributed by atoms with Gasteiger partial charge in [-0.1, -0.05) is 18.2 Å². The van der Waals surface area contributed by atoms with Gasteiger partial charge in [0.05, 0.1) is 11.3 Å². The molecule has 2 aliphatic rings. The summed E-state index contributed by atoms with van der Waals surface area (Å²) in [6.07, 6.45) is 3.51. The zero-order chi connectivity index (χ0) is 22.2. The van der Waals surface area contributed by atoms with Crippen LogP contribution in [-0.4, -0.2) is 45.4 Å². The number of hydrogen-bond donors (Lipinski definition) is 0. The van der Waals surface area contributed by atoms with Crippen LogP contribution < -0.4 is 10.4 Å². The zero-order valence-corrected chi connectivity index (χ0v) is 18.2. The summed E-state index contributed by atoms with van der Waals surface area (Å²) in [7, 11) is 0. The first-order valence-corrected chi connectivity index (χ1v) is 10.8. The predicted octanol–water partition coefficient (Wildman–Crippen LogP) is 3.22. The van der Waals surface area contributed by atoms with Crippen LogP contribution in [0.25, 0.3) is 0 Å². The van der Waals surface area contributed by atoms with E-state index >= 15 is 0 Å². The van der Waals surface area contributed by atoms with Crippen molar-refractivity contribution in [2.24, 2.45) is 4.99 Å². The lowest BCUT2D eigenvalue weighted by Gasteiger charge is -2.48. The second kappa shape index (κ2) is 8.13. The van der Waals surface area contributed by atoms with Crippen LogP contribution >= 0.6 is 0 Å². The normalized spacial score (nSPS) is 21.0. The molecule has 2 amide bonds. The average molecular weight is 421 g/mol. The van der Waals surface area contributed by atoms with Crippen molar-refractivity contribution in [1.29, 1.82) is 0 Å². The summed E-state index contributed by atoms with van der Waals surface area (Å²) in [4.78, 5) is 46.8. The number of amides is 2. The summed E-state index contributed by atoms with van der Waals surface area (Å²) in [6.45, 7) is 6.29. The summed E-state index contributed by atoms with van der Waals surface area (Å²) in [5.41, 5.74) is 1.16. The molecule has 0 bridgehead atoms. The molecule has 0 saturated carbocycles.